The van der Waals surface area contributed by atoms with Crippen LogP contribution in [0, 0.1) is 5.92 Å². The minimum Gasteiger partial charge on any atom is -0.352 e. The largest absolute Gasteiger partial charge is 0.352 e. The van der Waals surface area contributed by atoms with Gasteiger partial charge in [0.05, 0.1) is 6.54 Å². The van der Waals surface area contributed by atoms with Crippen molar-refractivity contribution >= 4 is 5.91 Å². The number of imidazole rings is 1. The van der Waals surface area contributed by atoms with E-state index in [-0.39, 0.29) is 11.8 Å². The fourth-order valence-corrected chi connectivity index (χ4v) is 3.13. The summed E-state index contributed by atoms with van der Waals surface area (Å²) in [4.78, 5) is 18.4. The average molecular weight is 348 g/mol. The Kier molecular flexibility index (Phi) is 5.75. The van der Waals surface area contributed by atoms with Crippen LogP contribution in [-0.2, 0) is 17.9 Å². The molecule has 5 nitrogen and oxygen atoms in total. The Bertz CT molecular complexity index is 681. The molecule has 0 bridgehead atoms. The zero-order chi connectivity index (χ0) is 17.6. The lowest BCUT2D eigenvalue weighted by molar-refractivity contribution is -0.126. The predicted molar refractivity (Wildman–Crippen MR) is 89.8 cm³/mol. The molecule has 1 aliphatic heterocycles. The Labute approximate surface area is 145 Å². The molecular weight excluding hydrogens is 326 g/mol. The number of hydrogen-bond donors (Lipinski definition) is 1. The molecule has 134 valence electrons. The van der Waals surface area contributed by atoms with E-state index in [1.54, 1.807) is 0 Å². The van der Waals surface area contributed by atoms with Crippen LogP contribution in [0.15, 0.2) is 42.7 Å². The first-order chi connectivity index (χ1) is 12.1. The SMILES string of the molecule is O=C(NCc1ccccc1)C1CCN(Cc2nccn2C(F)F)CC1. The molecule has 1 fully saturated rings. The molecule has 1 aromatic heterocycles. The van der Waals surface area contributed by atoms with E-state index in [1.165, 1.54) is 12.4 Å². The summed E-state index contributed by atoms with van der Waals surface area (Å²) in [5.41, 5.74) is 1.08. The fraction of sp³-hybridized carbons (Fsp3) is 0.444. The van der Waals surface area contributed by atoms with Crippen LogP contribution in [-0.4, -0.2) is 33.4 Å². The third kappa shape index (κ3) is 4.63. The maximum Gasteiger partial charge on any atom is 0.319 e. The molecule has 25 heavy (non-hydrogen) atoms. The van der Waals surface area contributed by atoms with Gasteiger partial charge in [0.15, 0.2) is 0 Å². The van der Waals surface area contributed by atoms with Crippen LogP contribution in [0.25, 0.3) is 0 Å². The molecule has 2 aromatic rings. The molecule has 0 unspecified atom stereocenters. The second kappa shape index (κ2) is 8.20. The highest BCUT2D eigenvalue weighted by Crippen LogP contribution is 2.20. The number of halogens is 2. The molecule has 2 heterocycles. The standard InChI is InChI=1S/C18H22F2N4O/c19-18(20)24-11-8-21-16(24)13-23-9-6-15(7-10-23)17(25)22-12-14-4-2-1-3-5-14/h1-5,8,11,15,18H,6-7,9-10,12-13H2,(H,22,25). The zero-order valence-corrected chi connectivity index (χ0v) is 13.9. The topological polar surface area (TPSA) is 50.2 Å². The summed E-state index contributed by atoms with van der Waals surface area (Å²) < 4.78 is 26.6. The lowest BCUT2D eigenvalue weighted by Crippen LogP contribution is -2.40. The molecule has 1 amide bonds. The predicted octanol–water partition coefficient (Wildman–Crippen LogP) is 2.81. The van der Waals surface area contributed by atoms with Gasteiger partial charge in [-0.25, -0.2) is 4.98 Å². The van der Waals surface area contributed by atoms with E-state index < -0.39 is 6.55 Å². The lowest BCUT2D eigenvalue weighted by Gasteiger charge is -2.31. The molecule has 0 radical (unpaired) electrons. The summed E-state index contributed by atoms with van der Waals surface area (Å²) in [6, 6.07) is 9.80. The van der Waals surface area contributed by atoms with Crippen LogP contribution in [0.4, 0.5) is 8.78 Å². The van der Waals surface area contributed by atoms with Gasteiger partial charge in [0.25, 0.3) is 0 Å². The average Bonchev–Trinajstić information content (AvgIpc) is 3.09. The Morgan fingerprint density at radius 1 is 1.24 bits per heavy atom. The summed E-state index contributed by atoms with van der Waals surface area (Å²) in [5.74, 6) is 0.411. The number of benzene rings is 1. The molecule has 0 saturated carbocycles. The minimum atomic E-state index is -2.57. The number of hydrogen-bond acceptors (Lipinski definition) is 3. The maximum atomic E-state index is 12.9. The van der Waals surface area contributed by atoms with Crippen molar-refractivity contribution in [2.75, 3.05) is 13.1 Å². The third-order valence-corrected chi connectivity index (χ3v) is 4.59. The molecule has 7 heteroatoms. The fourth-order valence-electron chi connectivity index (χ4n) is 3.13. The second-order valence-corrected chi connectivity index (χ2v) is 6.28. The minimum absolute atomic E-state index is 0.0187. The van der Waals surface area contributed by atoms with Crippen LogP contribution in [0.2, 0.25) is 0 Å². The summed E-state index contributed by atoms with van der Waals surface area (Å²) in [7, 11) is 0. The first kappa shape index (κ1) is 17.5. The number of likely N-dealkylation sites (tertiary alicyclic amines) is 1. The van der Waals surface area contributed by atoms with Gasteiger partial charge in [-0.05, 0) is 31.5 Å². The van der Waals surface area contributed by atoms with Gasteiger partial charge in [0, 0.05) is 24.9 Å². The van der Waals surface area contributed by atoms with Gasteiger partial charge in [-0.3, -0.25) is 14.3 Å². The van der Waals surface area contributed by atoms with Gasteiger partial charge in [-0.1, -0.05) is 30.3 Å². The first-order valence-corrected chi connectivity index (χ1v) is 8.47. The van der Waals surface area contributed by atoms with Gasteiger partial charge >= 0.3 is 6.55 Å². The normalized spacial score (nSPS) is 16.3. The van der Waals surface area contributed by atoms with Crippen molar-refractivity contribution in [2.45, 2.75) is 32.5 Å². The van der Waals surface area contributed by atoms with E-state index in [2.05, 4.69) is 15.2 Å². The molecule has 3 rings (SSSR count). The van der Waals surface area contributed by atoms with Gasteiger partial charge in [-0.2, -0.15) is 8.78 Å². The molecule has 0 aliphatic carbocycles. The Morgan fingerprint density at radius 3 is 2.64 bits per heavy atom. The van der Waals surface area contributed by atoms with Crippen LogP contribution in [0.5, 0.6) is 0 Å². The van der Waals surface area contributed by atoms with Gasteiger partial charge < -0.3 is 5.32 Å². The number of nitrogens with zero attached hydrogens (tertiary/aromatic N) is 3. The number of nitrogens with one attached hydrogen (secondary N) is 1. The lowest BCUT2D eigenvalue weighted by atomic mass is 9.96. The van der Waals surface area contributed by atoms with Crippen molar-refractivity contribution in [2.24, 2.45) is 5.92 Å². The van der Waals surface area contributed by atoms with Crippen molar-refractivity contribution in [1.82, 2.24) is 19.8 Å². The molecule has 1 saturated heterocycles. The number of piperidine rings is 1. The number of amides is 1. The highest BCUT2D eigenvalue weighted by molar-refractivity contribution is 5.78. The van der Waals surface area contributed by atoms with Crippen molar-refractivity contribution in [3.8, 4) is 0 Å². The Balaban J connectivity index is 1.45. The van der Waals surface area contributed by atoms with E-state index >= 15 is 0 Å². The summed E-state index contributed by atoms with van der Waals surface area (Å²) >= 11 is 0. The van der Waals surface area contributed by atoms with E-state index in [0.717, 1.165) is 23.0 Å². The summed E-state index contributed by atoms with van der Waals surface area (Å²) in [5, 5.41) is 2.98. The highest BCUT2D eigenvalue weighted by atomic mass is 19.3. The van der Waals surface area contributed by atoms with E-state index in [0.29, 0.717) is 32.0 Å². The van der Waals surface area contributed by atoms with Gasteiger partial charge in [0.1, 0.15) is 5.82 Å². The highest BCUT2D eigenvalue weighted by Gasteiger charge is 2.26. The maximum absolute atomic E-state index is 12.9. The summed E-state index contributed by atoms with van der Waals surface area (Å²) in [6.45, 7) is -0.237. The molecular formula is C18H22F2N4O. The second-order valence-electron chi connectivity index (χ2n) is 6.28. The zero-order valence-electron chi connectivity index (χ0n) is 13.9. The number of alkyl halides is 2. The number of aromatic nitrogens is 2. The molecule has 1 aromatic carbocycles. The number of rotatable bonds is 6. The summed E-state index contributed by atoms with van der Waals surface area (Å²) in [6.07, 6.45) is 4.15. The molecule has 0 atom stereocenters. The van der Waals surface area contributed by atoms with Gasteiger partial charge in [0.2, 0.25) is 5.91 Å². The number of carbonyl (C=O) groups is 1. The van der Waals surface area contributed by atoms with Gasteiger partial charge in [-0.15, -0.1) is 0 Å². The third-order valence-electron chi connectivity index (χ3n) is 4.59. The monoisotopic (exact) mass is 348 g/mol. The van der Waals surface area contributed by atoms with Crippen LogP contribution in [0.3, 0.4) is 0 Å². The quantitative estimate of drug-likeness (QED) is 0.873. The first-order valence-electron chi connectivity index (χ1n) is 8.47. The Morgan fingerprint density at radius 2 is 1.96 bits per heavy atom. The Hall–Kier alpha value is -2.28. The molecule has 1 aliphatic rings. The smallest absolute Gasteiger partial charge is 0.319 e. The van der Waals surface area contributed by atoms with E-state index in [4.69, 9.17) is 0 Å². The van der Waals surface area contributed by atoms with Crippen LogP contribution in [0.1, 0.15) is 30.8 Å². The van der Waals surface area contributed by atoms with Crippen LogP contribution >= 0.6 is 0 Å². The van der Waals surface area contributed by atoms with Crippen molar-refractivity contribution in [3.05, 3.63) is 54.1 Å². The van der Waals surface area contributed by atoms with E-state index in [1.807, 2.05) is 30.3 Å². The number of carbonyl (C=O) groups excluding carboxylic acids is 1. The van der Waals surface area contributed by atoms with Crippen molar-refractivity contribution in [3.63, 3.8) is 0 Å². The van der Waals surface area contributed by atoms with Crippen LogP contribution < -0.4 is 5.32 Å². The van der Waals surface area contributed by atoms with Crippen molar-refractivity contribution in [1.29, 1.82) is 0 Å². The molecule has 0 spiro atoms. The molecule has 1 N–H and O–H groups in total. The van der Waals surface area contributed by atoms with Crippen molar-refractivity contribution < 1.29 is 13.6 Å². The van der Waals surface area contributed by atoms with E-state index in [9.17, 15) is 13.6 Å².